The monoisotopic (exact) mass is 421 g/mol. The van der Waals surface area contributed by atoms with Crippen LogP contribution in [-0.4, -0.2) is 32.0 Å². The molecule has 0 spiro atoms. The first kappa shape index (κ1) is 20.5. The average Bonchev–Trinajstić information content (AvgIpc) is 2.66. The topological polar surface area (TPSA) is 90.4 Å². The van der Waals surface area contributed by atoms with Gasteiger partial charge >= 0.3 is 0 Å². The van der Waals surface area contributed by atoms with Crippen LogP contribution in [0.3, 0.4) is 0 Å². The summed E-state index contributed by atoms with van der Waals surface area (Å²) in [7, 11) is -2.31. The summed E-state index contributed by atoms with van der Waals surface area (Å²) in [6.07, 6.45) is 0.966. The molecule has 0 unspecified atom stereocenters. The number of aromatic nitrogens is 2. The van der Waals surface area contributed by atoms with E-state index in [9.17, 15) is 17.2 Å². The third-order valence-corrected chi connectivity index (χ3v) is 4.36. The molecule has 0 saturated carbocycles. The first-order valence-electron chi connectivity index (χ1n) is 8.32. The van der Waals surface area contributed by atoms with Gasteiger partial charge in [0.25, 0.3) is 5.88 Å². The number of ether oxygens (including phenoxy) is 2. The van der Waals surface area contributed by atoms with Crippen LogP contribution in [0.1, 0.15) is 5.56 Å². The van der Waals surface area contributed by atoms with Gasteiger partial charge in [0.1, 0.15) is 18.1 Å². The molecular formula is C19H17F2N3O4S. The van der Waals surface area contributed by atoms with Crippen molar-refractivity contribution in [2.45, 2.75) is 6.61 Å². The number of methoxy groups -OCH3 is 1. The lowest BCUT2D eigenvalue weighted by molar-refractivity contribution is 0.290. The van der Waals surface area contributed by atoms with Gasteiger partial charge in [-0.25, -0.2) is 17.2 Å². The van der Waals surface area contributed by atoms with Crippen molar-refractivity contribution in [1.29, 1.82) is 0 Å². The Morgan fingerprint density at radius 2 is 1.83 bits per heavy atom. The molecule has 10 heteroatoms. The molecule has 0 bridgehead atoms. The Morgan fingerprint density at radius 3 is 2.52 bits per heavy atom. The minimum atomic E-state index is -3.62. The van der Waals surface area contributed by atoms with E-state index in [0.717, 1.165) is 6.26 Å². The first-order chi connectivity index (χ1) is 13.8. The van der Waals surface area contributed by atoms with Crippen molar-refractivity contribution in [2.75, 3.05) is 18.1 Å². The van der Waals surface area contributed by atoms with Crippen molar-refractivity contribution in [3.63, 3.8) is 0 Å². The third-order valence-electron chi connectivity index (χ3n) is 3.77. The van der Waals surface area contributed by atoms with Crippen molar-refractivity contribution < 1.29 is 26.7 Å². The standard InChI is InChI=1S/C19H17F2N3O4S/c1-27-19-16(24-29(2,25)26)10-15(22-23-19)14-7-4-8-17(18(14)21)28-11-12-5-3-6-13(20)9-12/h3-10H,11H2,1-2H3,(H,22,24). The SMILES string of the molecule is COc1nnc(-c2cccc(OCc3cccc(F)c3)c2F)cc1NS(C)(=O)=O. The number of anilines is 1. The number of nitrogens with one attached hydrogen (secondary N) is 1. The maximum atomic E-state index is 15.0. The van der Waals surface area contributed by atoms with Crippen molar-refractivity contribution in [3.8, 4) is 22.9 Å². The molecule has 0 saturated heterocycles. The van der Waals surface area contributed by atoms with E-state index in [1.165, 1.54) is 43.5 Å². The molecule has 0 atom stereocenters. The van der Waals surface area contributed by atoms with Crippen LogP contribution in [0.4, 0.5) is 14.5 Å². The quantitative estimate of drug-likeness (QED) is 0.629. The minimum absolute atomic E-state index is 0.0190. The van der Waals surface area contributed by atoms with E-state index in [1.54, 1.807) is 12.1 Å². The number of hydrogen-bond acceptors (Lipinski definition) is 6. The van der Waals surface area contributed by atoms with Crippen molar-refractivity contribution >= 4 is 15.7 Å². The molecule has 0 radical (unpaired) electrons. The Kier molecular flexibility index (Phi) is 5.92. The predicted molar refractivity (Wildman–Crippen MR) is 103 cm³/mol. The molecule has 3 aromatic rings. The zero-order valence-electron chi connectivity index (χ0n) is 15.5. The third kappa shape index (κ3) is 5.17. The van der Waals surface area contributed by atoms with E-state index >= 15 is 0 Å². The summed E-state index contributed by atoms with van der Waals surface area (Å²) in [6, 6.07) is 11.5. The van der Waals surface area contributed by atoms with Crippen LogP contribution in [0.15, 0.2) is 48.5 Å². The summed E-state index contributed by atoms with van der Waals surface area (Å²) in [6.45, 7) is -0.0344. The Balaban J connectivity index is 1.91. The van der Waals surface area contributed by atoms with Crippen molar-refractivity contribution in [3.05, 3.63) is 65.7 Å². The number of hydrogen-bond donors (Lipinski definition) is 1. The molecule has 1 N–H and O–H groups in total. The zero-order chi connectivity index (χ0) is 21.0. The van der Waals surface area contributed by atoms with Gasteiger partial charge in [-0.15, -0.1) is 10.2 Å². The van der Waals surface area contributed by atoms with Crippen molar-refractivity contribution in [2.24, 2.45) is 0 Å². The van der Waals surface area contributed by atoms with Gasteiger partial charge in [-0.2, -0.15) is 0 Å². The summed E-state index contributed by atoms with van der Waals surface area (Å²) in [5.74, 6) is -1.26. The van der Waals surface area contributed by atoms with E-state index in [-0.39, 0.29) is 35.2 Å². The lowest BCUT2D eigenvalue weighted by Gasteiger charge is -2.12. The van der Waals surface area contributed by atoms with Crippen LogP contribution in [0.5, 0.6) is 11.6 Å². The second kappa shape index (κ2) is 8.39. The lowest BCUT2D eigenvalue weighted by Crippen LogP contribution is -2.12. The van der Waals surface area contributed by atoms with Gasteiger partial charge in [0.15, 0.2) is 11.6 Å². The van der Waals surface area contributed by atoms with Crippen LogP contribution in [0.25, 0.3) is 11.3 Å². The summed E-state index contributed by atoms with van der Waals surface area (Å²) >= 11 is 0. The minimum Gasteiger partial charge on any atom is -0.486 e. The second-order valence-corrected chi connectivity index (χ2v) is 7.81. The predicted octanol–water partition coefficient (Wildman–Crippen LogP) is 3.38. The molecule has 0 amide bonds. The summed E-state index contributed by atoms with van der Waals surface area (Å²) in [5, 5.41) is 7.67. The van der Waals surface area contributed by atoms with E-state index < -0.39 is 21.7 Å². The van der Waals surface area contributed by atoms with E-state index in [2.05, 4.69) is 14.9 Å². The number of benzene rings is 2. The Bertz CT molecular complexity index is 1140. The smallest absolute Gasteiger partial charge is 0.257 e. The maximum absolute atomic E-state index is 15.0. The van der Waals surface area contributed by atoms with Crippen LogP contribution >= 0.6 is 0 Å². The molecular weight excluding hydrogens is 404 g/mol. The van der Waals surface area contributed by atoms with Gasteiger partial charge < -0.3 is 9.47 Å². The van der Waals surface area contributed by atoms with E-state index in [4.69, 9.17) is 9.47 Å². The highest BCUT2D eigenvalue weighted by Crippen LogP contribution is 2.32. The largest absolute Gasteiger partial charge is 0.486 e. The molecule has 0 aliphatic carbocycles. The number of nitrogens with zero attached hydrogens (tertiary/aromatic N) is 2. The molecule has 7 nitrogen and oxygen atoms in total. The molecule has 152 valence electrons. The first-order valence-corrected chi connectivity index (χ1v) is 10.2. The van der Waals surface area contributed by atoms with Gasteiger partial charge in [0, 0.05) is 5.56 Å². The number of halogens is 2. The Labute approximate surface area is 166 Å². The summed E-state index contributed by atoms with van der Waals surface area (Å²) in [5.41, 5.74) is 0.684. The van der Waals surface area contributed by atoms with Gasteiger partial charge in [-0.1, -0.05) is 18.2 Å². The average molecular weight is 421 g/mol. The molecule has 0 aliphatic heterocycles. The van der Waals surface area contributed by atoms with Gasteiger partial charge in [-0.05, 0) is 35.9 Å². The lowest BCUT2D eigenvalue weighted by atomic mass is 10.1. The van der Waals surface area contributed by atoms with Crippen LogP contribution in [0, 0.1) is 11.6 Å². The fourth-order valence-corrected chi connectivity index (χ4v) is 3.09. The number of rotatable bonds is 7. The number of sulfonamides is 1. The van der Waals surface area contributed by atoms with Gasteiger partial charge in [0.05, 0.1) is 19.1 Å². The molecule has 0 fully saturated rings. The van der Waals surface area contributed by atoms with E-state index in [0.29, 0.717) is 5.56 Å². The normalized spacial score (nSPS) is 11.2. The highest BCUT2D eigenvalue weighted by atomic mass is 32.2. The van der Waals surface area contributed by atoms with Crippen LogP contribution in [-0.2, 0) is 16.6 Å². The van der Waals surface area contributed by atoms with Gasteiger partial charge in [0.2, 0.25) is 10.0 Å². The molecule has 1 heterocycles. The molecule has 2 aromatic carbocycles. The Hall–Kier alpha value is -3.27. The summed E-state index contributed by atoms with van der Waals surface area (Å²) in [4.78, 5) is 0. The van der Waals surface area contributed by atoms with Crippen molar-refractivity contribution in [1.82, 2.24) is 10.2 Å². The highest BCUT2D eigenvalue weighted by Gasteiger charge is 2.17. The molecule has 3 rings (SSSR count). The molecule has 0 aliphatic rings. The Morgan fingerprint density at radius 1 is 1.07 bits per heavy atom. The van der Waals surface area contributed by atoms with Crippen LogP contribution < -0.4 is 14.2 Å². The summed E-state index contributed by atoms with van der Waals surface area (Å²) < 4.78 is 64.0. The van der Waals surface area contributed by atoms with Crippen LogP contribution in [0.2, 0.25) is 0 Å². The molecule has 29 heavy (non-hydrogen) atoms. The van der Waals surface area contributed by atoms with Gasteiger partial charge in [-0.3, -0.25) is 4.72 Å². The van der Waals surface area contributed by atoms with E-state index in [1.807, 2.05) is 0 Å². The highest BCUT2D eigenvalue weighted by molar-refractivity contribution is 7.92. The maximum Gasteiger partial charge on any atom is 0.257 e. The second-order valence-electron chi connectivity index (χ2n) is 6.06. The zero-order valence-corrected chi connectivity index (χ0v) is 16.3. The fraction of sp³-hybridized carbons (Fsp3) is 0.158. The molecule has 1 aromatic heterocycles. The fourth-order valence-electron chi connectivity index (χ4n) is 2.54.